The number of amides is 2. The average molecular weight is 297 g/mol. The summed E-state index contributed by atoms with van der Waals surface area (Å²) in [7, 11) is 0. The van der Waals surface area contributed by atoms with Crippen LogP contribution < -0.4 is 5.32 Å². The molecule has 120 valence electrons. The molecule has 21 heavy (non-hydrogen) atoms. The van der Waals surface area contributed by atoms with Crippen LogP contribution in [0.15, 0.2) is 0 Å². The fourth-order valence-corrected chi connectivity index (χ4v) is 3.33. The normalized spacial score (nSPS) is 25.3. The minimum atomic E-state index is -0.746. The molecule has 0 radical (unpaired) electrons. The number of urea groups is 1. The predicted molar refractivity (Wildman–Crippen MR) is 80.2 cm³/mol. The molecule has 6 nitrogen and oxygen atoms in total. The van der Waals surface area contributed by atoms with E-state index in [1.165, 1.54) is 0 Å². The first-order valence-corrected chi connectivity index (χ1v) is 8.04. The van der Waals surface area contributed by atoms with Crippen molar-refractivity contribution in [3.8, 4) is 0 Å². The maximum Gasteiger partial charge on any atom is 0.320 e. The van der Waals surface area contributed by atoms with Crippen LogP contribution in [-0.4, -0.2) is 66.2 Å². The fourth-order valence-electron chi connectivity index (χ4n) is 3.33. The molecule has 2 heterocycles. The van der Waals surface area contributed by atoms with Crippen molar-refractivity contribution in [1.29, 1.82) is 0 Å². The van der Waals surface area contributed by atoms with Crippen molar-refractivity contribution >= 4 is 12.0 Å². The van der Waals surface area contributed by atoms with Crippen molar-refractivity contribution in [2.75, 3.05) is 39.3 Å². The van der Waals surface area contributed by atoms with E-state index >= 15 is 0 Å². The Morgan fingerprint density at radius 1 is 1.19 bits per heavy atom. The summed E-state index contributed by atoms with van der Waals surface area (Å²) in [5.41, 5.74) is 0. The van der Waals surface area contributed by atoms with E-state index in [0.717, 1.165) is 52.0 Å². The molecule has 0 aliphatic carbocycles. The van der Waals surface area contributed by atoms with E-state index in [1.54, 1.807) is 0 Å². The Bertz CT molecular complexity index is 367. The van der Waals surface area contributed by atoms with Crippen molar-refractivity contribution in [2.45, 2.75) is 32.6 Å². The molecule has 0 aromatic carbocycles. The van der Waals surface area contributed by atoms with Crippen LogP contribution in [0.1, 0.15) is 32.6 Å². The second-order valence-corrected chi connectivity index (χ2v) is 6.30. The van der Waals surface area contributed by atoms with Crippen molar-refractivity contribution in [3.05, 3.63) is 0 Å². The summed E-state index contributed by atoms with van der Waals surface area (Å²) >= 11 is 0. The molecular formula is C15H27N3O3. The molecule has 2 saturated heterocycles. The van der Waals surface area contributed by atoms with Gasteiger partial charge in [0.2, 0.25) is 0 Å². The van der Waals surface area contributed by atoms with E-state index in [4.69, 9.17) is 5.11 Å². The highest BCUT2D eigenvalue weighted by Crippen LogP contribution is 2.26. The molecule has 2 atom stereocenters. The lowest BCUT2D eigenvalue weighted by Gasteiger charge is -2.38. The van der Waals surface area contributed by atoms with Crippen LogP contribution in [0.4, 0.5) is 4.79 Å². The van der Waals surface area contributed by atoms with Crippen LogP contribution in [0.5, 0.6) is 0 Å². The second kappa shape index (κ2) is 7.64. The maximum absolute atomic E-state index is 12.6. The topological polar surface area (TPSA) is 72.9 Å². The third kappa shape index (κ3) is 4.59. The summed E-state index contributed by atoms with van der Waals surface area (Å²) in [4.78, 5) is 27.3. The monoisotopic (exact) mass is 297 g/mol. The number of nitrogens with one attached hydrogen (secondary N) is 1. The van der Waals surface area contributed by atoms with Crippen LogP contribution in [-0.2, 0) is 4.79 Å². The standard InChI is InChI=1S/C15H27N3O3/c1-12(10-14(19)20)13-4-2-7-18(11-13)15(21)17-8-3-5-16-6-9-17/h12-13,16H,2-11H2,1H3,(H,19,20). The molecular weight excluding hydrogens is 270 g/mol. The van der Waals surface area contributed by atoms with Gasteiger partial charge in [0.05, 0.1) is 0 Å². The van der Waals surface area contributed by atoms with Crippen LogP contribution in [0, 0.1) is 11.8 Å². The lowest BCUT2D eigenvalue weighted by atomic mass is 9.85. The van der Waals surface area contributed by atoms with Gasteiger partial charge in [0.25, 0.3) is 0 Å². The quantitative estimate of drug-likeness (QED) is 0.821. The number of aliphatic carboxylic acids is 1. The zero-order valence-electron chi connectivity index (χ0n) is 12.9. The summed E-state index contributed by atoms with van der Waals surface area (Å²) in [6.07, 6.45) is 3.20. The van der Waals surface area contributed by atoms with E-state index < -0.39 is 5.97 Å². The lowest BCUT2D eigenvalue weighted by Crippen LogP contribution is -2.49. The summed E-state index contributed by atoms with van der Waals surface area (Å²) < 4.78 is 0. The number of carboxylic acids is 1. The van der Waals surface area contributed by atoms with E-state index in [9.17, 15) is 9.59 Å². The number of piperidine rings is 1. The number of nitrogens with zero attached hydrogens (tertiary/aromatic N) is 2. The number of carbonyl (C=O) groups excluding carboxylic acids is 1. The van der Waals surface area contributed by atoms with Crippen molar-refractivity contribution in [3.63, 3.8) is 0 Å². The van der Waals surface area contributed by atoms with Gasteiger partial charge in [0, 0.05) is 39.1 Å². The molecule has 2 unspecified atom stereocenters. The zero-order chi connectivity index (χ0) is 15.2. The molecule has 0 aromatic heterocycles. The van der Waals surface area contributed by atoms with Gasteiger partial charge in [0.1, 0.15) is 0 Å². The number of rotatable bonds is 3. The smallest absolute Gasteiger partial charge is 0.320 e. The molecule has 6 heteroatoms. The van der Waals surface area contributed by atoms with Gasteiger partial charge in [-0.25, -0.2) is 4.79 Å². The Balaban J connectivity index is 1.90. The average Bonchev–Trinajstić information content (AvgIpc) is 2.75. The predicted octanol–water partition coefficient (Wildman–Crippen LogP) is 1.22. The van der Waals surface area contributed by atoms with E-state index in [-0.39, 0.29) is 18.4 Å². The Kier molecular flexibility index (Phi) is 5.85. The fraction of sp³-hybridized carbons (Fsp3) is 0.867. The molecule has 2 N–H and O–H groups in total. The summed E-state index contributed by atoms with van der Waals surface area (Å²) in [5.74, 6) is -0.308. The number of carbonyl (C=O) groups is 2. The third-order valence-corrected chi connectivity index (χ3v) is 4.64. The van der Waals surface area contributed by atoms with Crippen molar-refractivity contribution in [2.24, 2.45) is 11.8 Å². The van der Waals surface area contributed by atoms with Crippen LogP contribution in [0.3, 0.4) is 0 Å². The van der Waals surface area contributed by atoms with E-state index in [0.29, 0.717) is 12.5 Å². The molecule has 2 rings (SSSR count). The summed E-state index contributed by atoms with van der Waals surface area (Å²) in [5, 5.41) is 12.2. The minimum Gasteiger partial charge on any atom is -0.481 e. The highest BCUT2D eigenvalue weighted by molar-refractivity contribution is 5.74. The van der Waals surface area contributed by atoms with Gasteiger partial charge in [-0.1, -0.05) is 6.92 Å². The lowest BCUT2D eigenvalue weighted by molar-refractivity contribution is -0.138. The Labute approximate surface area is 126 Å². The van der Waals surface area contributed by atoms with Crippen LogP contribution in [0.25, 0.3) is 0 Å². The van der Waals surface area contributed by atoms with Gasteiger partial charge in [0.15, 0.2) is 0 Å². The molecule has 2 aliphatic heterocycles. The largest absolute Gasteiger partial charge is 0.481 e. The molecule has 2 aliphatic rings. The van der Waals surface area contributed by atoms with Crippen LogP contribution >= 0.6 is 0 Å². The first-order valence-electron chi connectivity index (χ1n) is 8.04. The number of likely N-dealkylation sites (tertiary alicyclic amines) is 1. The third-order valence-electron chi connectivity index (χ3n) is 4.64. The minimum absolute atomic E-state index is 0.129. The molecule has 2 amide bonds. The van der Waals surface area contributed by atoms with E-state index in [1.807, 2.05) is 16.7 Å². The van der Waals surface area contributed by atoms with Crippen LogP contribution in [0.2, 0.25) is 0 Å². The van der Waals surface area contributed by atoms with Gasteiger partial charge in [-0.15, -0.1) is 0 Å². The van der Waals surface area contributed by atoms with Gasteiger partial charge < -0.3 is 20.2 Å². The number of hydrogen-bond donors (Lipinski definition) is 2. The first kappa shape index (κ1) is 16.1. The number of carboxylic acid groups (broad SMARTS) is 1. The van der Waals surface area contributed by atoms with Gasteiger partial charge in [-0.2, -0.15) is 0 Å². The highest BCUT2D eigenvalue weighted by Gasteiger charge is 2.30. The molecule has 2 fully saturated rings. The van der Waals surface area contributed by atoms with E-state index in [2.05, 4.69) is 5.32 Å². The molecule has 0 bridgehead atoms. The Hall–Kier alpha value is -1.30. The summed E-state index contributed by atoms with van der Waals surface area (Å²) in [6, 6.07) is 0.130. The Morgan fingerprint density at radius 2 is 1.95 bits per heavy atom. The highest BCUT2D eigenvalue weighted by atomic mass is 16.4. The zero-order valence-corrected chi connectivity index (χ0v) is 12.9. The second-order valence-electron chi connectivity index (χ2n) is 6.30. The van der Waals surface area contributed by atoms with Gasteiger partial charge in [-0.3, -0.25) is 4.79 Å². The molecule has 0 aromatic rings. The van der Waals surface area contributed by atoms with Gasteiger partial charge >= 0.3 is 12.0 Å². The van der Waals surface area contributed by atoms with Gasteiger partial charge in [-0.05, 0) is 37.6 Å². The molecule has 0 spiro atoms. The number of hydrogen-bond acceptors (Lipinski definition) is 3. The molecule has 0 saturated carbocycles. The van der Waals surface area contributed by atoms with Crippen molar-refractivity contribution in [1.82, 2.24) is 15.1 Å². The SMILES string of the molecule is CC(CC(=O)O)C1CCCN(C(=O)N2CCCNCC2)C1. The Morgan fingerprint density at radius 3 is 2.71 bits per heavy atom. The van der Waals surface area contributed by atoms with Crippen molar-refractivity contribution < 1.29 is 14.7 Å². The first-order chi connectivity index (χ1) is 10.1. The summed E-state index contributed by atoms with van der Waals surface area (Å²) in [6.45, 7) is 6.92. The maximum atomic E-state index is 12.6.